The van der Waals surface area contributed by atoms with Gasteiger partial charge in [-0.05, 0) is 37.3 Å². The van der Waals surface area contributed by atoms with Crippen molar-refractivity contribution in [3.63, 3.8) is 0 Å². The Morgan fingerprint density at radius 1 is 1.29 bits per heavy atom. The summed E-state index contributed by atoms with van der Waals surface area (Å²) in [6.07, 6.45) is 1.62. The van der Waals surface area contributed by atoms with Crippen LogP contribution < -0.4 is 4.74 Å². The summed E-state index contributed by atoms with van der Waals surface area (Å²) in [5, 5.41) is 0. The van der Waals surface area contributed by atoms with Crippen LogP contribution in [0.25, 0.3) is 0 Å². The van der Waals surface area contributed by atoms with Gasteiger partial charge in [0.2, 0.25) is 0 Å². The van der Waals surface area contributed by atoms with Gasteiger partial charge in [0.25, 0.3) is 0 Å². The lowest BCUT2D eigenvalue weighted by Gasteiger charge is -2.09. The second-order valence-corrected chi connectivity index (χ2v) is 3.89. The molecule has 1 heterocycles. The molecule has 17 heavy (non-hydrogen) atoms. The Hall–Kier alpha value is -1.61. The first kappa shape index (κ1) is 11.9. The third-order valence-electron chi connectivity index (χ3n) is 2.28. The van der Waals surface area contributed by atoms with E-state index < -0.39 is 0 Å². The van der Waals surface area contributed by atoms with Crippen LogP contribution in [0.2, 0.25) is 0 Å². The van der Waals surface area contributed by atoms with Crippen molar-refractivity contribution < 1.29 is 9.13 Å². The van der Waals surface area contributed by atoms with E-state index in [0.717, 1.165) is 5.69 Å². The van der Waals surface area contributed by atoms with Crippen LogP contribution in [0, 0.1) is 12.7 Å². The van der Waals surface area contributed by atoms with Crippen molar-refractivity contribution in [1.29, 1.82) is 0 Å². The van der Waals surface area contributed by atoms with E-state index in [1.807, 2.05) is 19.1 Å². The highest BCUT2D eigenvalue weighted by atomic mass is 35.5. The molecule has 0 bridgehead atoms. The Balaban J connectivity index is 2.26. The maximum absolute atomic E-state index is 13.0. The van der Waals surface area contributed by atoms with Gasteiger partial charge in [-0.15, -0.1) is 11.6 Å². The summed E-state index contributed by atoms with van der Waals surface area (Å²) < 4.78 is 18.6. The molecule has 0 unspecified atom stereocenters. The highest BCUT2D eigenvalue weighted by molar-refractivity contribution is 6.17. The van der Waals surface area contributed by atoms with Crippen LogP contribution in [-0.2, 0) is 5.88 Å². The summed E-state index contributed by atoms with van der Waals surface area (Å²) in [7, 11) is 0. The summed E-state index contributed by atoms with van der Waals surface area (Å²) in [5.41, 5.74) is 1.53. The SMILES string of the molecule is Cc1ccc(Oc2ccc(F)cc2CCl)cn1. The van der Waals surface area contributed by atoms with E-state index in [9.17, 15) is 4.39 Å². The number of pyridine rings is 1. The molecule has 0 atom stereocenters. The number of ether oxygens (including phenoxy) is 1. The zero-order valence-corrected chi connectivity index (χ0v) is 10.0. The predicted octanol–water partition coefficient (Wildman–Crippen LogP) is 4.06. The predicted molar refractivity (Wildman–Crippen MR) is 65.0 cm³/mol. The maximum atomic E-state index is 13.0. The summed E-state index contributed by atoms with van der Waals surface area (Å²) in [6, 6.07) is 7.92. The highest BCUT2D eigenvalue weighted by Crippen LogP contribution is 2.26. The fourth-order valence-electron chi connectivity index (χ4n) is 1.39. The second-order valence-electron chi connectivity index (χ2n) is 3.62. The number of hydrogen-bond donors (Lipinski definition) is 0. The Morgan fingerprint density at radius 2 is 2.12 bits per heavy atom. The van der Waals surface area contributed by atoms with Gasteiger partial charge in [0.05, 0.1) is 12.1 Å². The van der Waals surface area contributed by atoms with E-state index >= 15 is 0 Å². The topological polar surface area (TPSA) is 22.1 Å². The normalized spacial score (nSPS) is 10.3. The molecular formula is C13H11ClFNO. The zero-order valence-electron chi connectivity index (χ0n) is 9.28. The van der Waals surface area contributed by atoms with Gasteiger partial charge in [-0.1, -0.05) is 0 Å². The van der Waals surface area contributed by atoms with Gasteiger partial charge in [-0.25, -0.2) is 4.39 Å². The van der Waals surface area contributed by atoms with Gasteiger partial charge in [0, 0.05) is 11.3 Å². The van der Waals surface area contributed by atoms with Gasteiger partial charge in [0.15, 0.2) is 0 Å². The first-order valence-electron chi connectivity index (χ1n) is 5.14. The van der Waals surface area contributed by atoms with E-state index in [2.05, 4.69) is 4.98 Å². The largest absolute Gasteiger partial charge is 0.455 e. The second kappa shape index (κ2) is 5.15. The quantitative estimate of drug-likeness (QED) is 0.768. The van der Waals surface area contributed by atoms with Crippen LogP contribution >= 0.6 is 11.6 Å². The van der Waals surface area contributed by atoms with Crippen molar-refractivity contribution in [2.45, 2.75) is 12.8 Å². The van der Waals surface area contributed by atoms with E-state index in [1.54, 1.807) is 12.3 Å². The number of halogens is 2. The van der Waals surface area contributed by atoms with Crippen molar-refractivity contribution in [2.75, 3.05) is 0 Å². The van der Waals surface area contributed by atoms with Crippen molar-refractivity contribution in [1.82, 2.24) is 4.98 Å². The molecule has 88 valence electrons. The maximum Gasteiger partial charge on any atom is 0.145 e. The molecule has 1 aromatic heterocycles. The van der Waals surface area contributed by atoms with Crippen LogP contribution in [0.3, 0.4) is 0 Å². The summed E-state index contributed by atoms with van der Waals surface area (Å²) in [6.45, 7) is 1.89. The molecule has 0 aliphatic rings. The van der Waals surface area contributed by atoms with Crippen LogP contribution in [0.15, 0.2) is 36.5 Å². The van der Waals surface area contributed by atoms with E-state index in [1.165, 1.54) is 12.1 Å². The molecule has 0 spiro atoms. The van der Waals surface area contributed by atoms with Gasteiger partial charge >= 0.3 is 0 Å². The third-order valence-corrected chi connectivity index (χ3v) is 2.57. The fraction of sp³-hybridized carbons (Fsp3) is 0.154. The first-order chi connectivity index (χ1) is 8.19. The molecule has 4 heteroatoms. The molecule has 0 fully saturated rings. The van der Waals surface area contributed by atoms with E-state index in [0.29, 0.717) is 17.1 Å². The number of aromatic nitrogens is 1. The lowest BCUT2D eigenvalue weighted by atomic mass is 10.2. The lowest BCUT2D eigenvalue weighted by Crippen LogP contribution is -1.91. The van der Waals surface area contributed by atoms with Crippen molar-refractivity contribution in [2.24, 2.45) is 0 Å². The summed E-state index contributed by atoms with van der Waals surface area (Å²) in [5.74, 6) is 1.03. The lowest BCUT2D eigenvalue weighted by molar-refractivity contribution is 0.473. The molecular weight excluding hydrogens is 241 g/mol. The number of benzene rings is 1. The Kier molecular flexibility index (Phi) is 3.59. The Labute approximate surface area is 104 Å². The summed E-state index contributed by atoms with van der Waals surface area (Å²) in [4.78, 5) is 4.12. The molecule has 2 rings (SSSR count). The standard InChI is InChI=1S/C13H11ClFNO/c1-9-2-4-12(8-16-9)17-13-5-3-11(15)6-10(13)7-14/h2-6,8H,7H2,1H3. The number of nitrogens with zero attached hydrogens (tertiary/aromatic N) is 1. The number of aryl methyl sites for hydroxylation is 1. The average Bonchev–Trinajstić information content (AvgIpc) is 2.34. The van der Waals surface area contributed by atoms with E-state index in [4.69, 9.17) is 16.3 Å². The minimum atomic E-state index is -0.324. The Morgan fingerprint density at radius 3 is 2.76 bits per heavy atom. The molecule has 0 aliphatic carbocycles. The molecule has 1 aromatic carbocycles. The molecule has 0 saturated heterocycles. The molecule has 0 saturated carbocycles. The van der Waals surface area contributed by atoms with Gasteiger partial charge < -0.3 is 4.74 Å². The van der Waals surface area contributed by atoms with Crippen molar-refractivity contribution in [3.8, 4) is 11.5 Å². The monoisotopic (exact) mass is 251 g/mol. The van der Waals surface area contributed by atoms with Crippen molar-refractivity contribution in [3.05, 3.63) is 53.6 Å². The van der Waals surface area contributed by atoms with Gasteiger partial charge in [-0.2, -0.15) is 0 Å². The molecule has 2 aromatic rings. The van der Waals surface area contributed by atoms with Gasteiger partial charge in [0.1, 0.15) is 17.3 Å². The number of hydrogen-bond acceptors (Lipinski definition) is 2. The van der Waals surface area contributed by atoms with Crippen LogP contribution in [0.1, 0.15) is 11.3 Å². The van der Waals surface area contributed by atoms with Crippen LogP contribution in [0.4, 0.5) is 4.39 Å². The summed E-state index contributed by atoms with van der Waals surface area (Å²) >= 11 is 5.73. The number of alkyl halides is 1. The highest BCUT2D eigenvalue weighted by Gasteiger charge is 2.05. The molecule has 0 aliphatic heterocycles. The van der Waals surface area contributed by atoms with Crippen molar-refractivity contribution >= 4 is 11.6 Å². The zero-order chi connectivity index (χ0) is 12.3. The minimum absolute atomic E-state index is 0.201. The molecule has 0 N–H and O–H groups in total. The molecule has 0 radical (unpaired) electrons. The average molecular weight is 252 g/mol. The molecule has 2 nitrogen and oxygen atoms in total. The van der Waals surface area contributed by atoms with Gasteiger partial charge in [-0.3, -0.25) is 4.98 Å². The number of rotatable bonds is 3. The van der Waals surface area contributed by atoms with Crippen LogP contribution in [-0.4, -0.2) is 4.98 Å². The fourth-order valence-corrected chi connectivity index (χ4v) is 1.60. The minimum Gasteiger partial charge on any atom is -0.455 e. The molecule has 0 amide bonds. The van der Waals surface area contributed by atoms with Crippen LogP contribution in [0.5, 0.6) is 11.5 Å². The third kappa shape index (κ3) is 2.94. The van der Waals surface area contributed by atoms with E-state index in [-0.39, 0.29) is 11.7 Å². The smallest absolute Gasteiger partial charge is 0.145 e. The first-order valence-corrected chi connectivity index (χ1v) is 5.67. The Bertz CT molecular complexity index is 513.